The lowest BCUT2D eigenvalue weighted by atomic mass is 10.3. The number of carbonyl (C=O) groups excluding carboxylic acids is 1. The minimum atomic E-state index is -0.332. The van der Waals surface area contributed by atoms with Crippen LogP contribution in [0.3, 0.4) is 0 Å². The number of hydrogen-bond acceptors (Lipinski definition) is 5. The van der Waals surface area contributed by atoms with Gasteiger partial charge in [0.2, 0.25) is 0 Å². The van der Waals surface area contributed by atoms with E-state index in [-0.39, 0.29) is 11.5 Å². The second kappa shape index (κ2) is 5.82. The third-order valence-corrected chi connectivity index (χ3v) is 5.97. The summed E-state index contributed by atoms with van der Waals surface area (Å²) in [4.78, 5) is 27.9. The van der Waals surface area contributed by atoms with Crippen LogP contribution < -0.4 is 10.9 Å². The van der Waals surface area contributed by atoms with Gasteiger partial charge in [-0.2, -0.15) is 0 Å². The van der Waals surface area contributed by atoms with Crippen LogP contribution in [0.15, 0.2) is 40.5 Å². The van der Waals surface area contributed by atoms with E-state index in [9.17, 15) is 9.59 Å². The second-order valence-electron chi connectivity index (χ2n) is 4.93. The molecule has 0 saturated heterocycles. The van der Waals surface area contributed by atoms with Gasteiger partial charge >= 0.3 is 0 Å². The van der Waals surface area contributed by atoms with Crippen molar-refractivity contribution >= 4 is 74.0 Å². The summed E-state index contributed by atoms with van der Waals surface area (Å²) in [5.41, 5.74) is 1.51. The van der Waals surface area contributed by atoms with E-state index in [1.807, 2.05) is 11.4 Å². The Balaban J connectivity index is 1.86. The van der Waals surface area contributed by atoms with Gasteiger partial charge in [-0.25, -0.2) is 0 Å². The largest absolute Gasteiger partial charge is 0.321 e. The molecule has 0 unspecified atom stereocenters. The molecule has 0 radical (unpaired) electrons. The highest BCUT2D eigenvalue weighted by Gasteiger charge is 2.18. The fraction of sp³-hybridized carbons (Fsp3) is 0. The Hall–Kier alpha value is -2.00. The number of H-pyrrole nitrogens is 1. The summed E-state index contributed by atoms with van der Waals surface area (Å²) >= 11 is 13.7. The lowest BCUT2D eigenvalue weighted by molar-refractivity contribution is 0.103. The summed E-state index contributed by atoms with van der Waals surface area (Å²) in [7, 11) is 0. The maximum atomic E-state index is 12.6. The Morgan fingerprint density at radius 1 is 1.25 bits per heavy atom. The molecule has 120 valence electrons. The van der Waals surface area contributed by atoms with Gasteiger partial charge in [0, 0.05) is 10.7 Å². The fourth-order valence-electron chi connectivity index (χ4n) is 2.39. The van der Waals surface area contributed by atoms with E-state index in [0.717, 1.165) is 11.3 Å². The number of carbonyl (C=O) groups is 1. The standard InChI is InChI=1S/C15H8ClN3O2S3/c16-7-1-3-8(4-2-7)17-14(21)11-12-18-13(20)10-9(5-6-23-10)19(12)15(22)24-11/h1-6H,(H,17,21)(H,18,20). The highest BCUT2D eigenvalue weighted by Crippen LogP contribution is 2.25. The van der Waals surface area contributed by atoms with Crippen molar-refractivity contribution in [2.24, 2.45) is 0 Å². The molecule has 2 N–H and O–H groups in total. The van der Waals surface area contributed by atoms with Crippen molar-refractivity contribution in [3.8, 4) is 0 Å². The van der Waals surface area contributed by atoms with Gasteiger partial charge in [-0.15, -0.1) is 11.3 Å². The van der Waals surface area contributed by atoms with E-state index in [0.29, 0.717) is 35.4 Å². The van der Waals surface area contributed by atoms with Crippen LogP contribution in [0.2, 0.25) is 5.02 Å². The molecule has 1 amide bonds. The van der Waals surface area contributed by atoms with Crippen molar-refractivity contribution in [2.75, 3.05) is 5.32 Å². The highest BCUT2D eigenvalue weighted by atomic mass is 35.5. The first-order valence-corrected chi connectivity index (χ1v) is 9.25. The van der Waals surface area contributed by atoms with E-state index >= 15 is 0 Å². The van der Waals surface area contributed by atoms with E-state index in [1.165, 1.54) is 11.3 Å². The Morgan fingerprint density at radius 2 is 2.00 bits per heavy atom. The van der Waals surface area contributed by atoms with Gasteiger partial charge < -0.3 is 10.3 Å². The molecule has 0 fully saturated rings. The SMILES string of the molecule is O=C(Nc1ccc(Cl)cc1)c1sc(=S)n2c1[nH]c(=O)c1sccc12. The molecule has 0 aliphatic rings. The minimum Gasteiger partial charge on any atom is -0.321 e. The Labute approximate surface area is 153 Å². The molecule has 1 aromatic carbocycles. The van der Waals surface area contributed by atoms with Crippen LogP contribution in [0.5, 0.6) is 0 Å². The molecule has 0 bridgehead atoms. The molecule has 0 aliphatic heterocycles. The quantitative estimate of drug-likeness (QED) is 0.491. The molecular weight excluding hydrogens is 386 g/mol. The van der Waals surface area contributed by atoms with Crippen LogP contribution in [0.1, 0.15) is 9.67 Å². The fourth-order valence-corrected chi connectivity index (χ4v) is 4.57. The Morgan fingerprint density at radius 3 is 2.75 bits per heavy atom. The van der Waals surface area contributed by atoms with Crippen molar-refractivity contribution in [1.29, 1.82) is 0 Å². The van der Waals surface area contributed by atoms with Crippen molar-refractivity contribution in [3.63, 3.8) is 0 Å². The van der Waals surface area contributed by atoms with Gasteiger partial charge in [-0.1, -0.05) is 22.9 Å². The number of hydrogen-bond donors (Lipinski definition) is 2. The van der Waals surface area contributed by atoms with E-state index in [2.05, 4.69) is 10.3 Å². The van der Waals surface area contributed by atoms with Crippen molar-refractivity contribution in [3.05, 3.63) is 59.9 Å². The van der Waals surface area contributed by atoms with Crippen LogP contribution in [0.25, 0.3) is 15.9 Å². The summed E-state index contributed by atoms with van der Waals surface area (Å²) < 4.78 is 2.82. The third-order valence-electron chi connectivity index (χ3n) is 3.44. The number of anilines is 1. The first kappa shape index (κ1) is 15.5. The number of aromatic amines is 1. The first-order chi connectivity index (χ1) is 11.5. The number of thiazole rings is 1. The average molecular weight is 394 g/mol. The van der Waals surface area contributed by atoms with Crippen molar-refractivity contribution in [2.45, 2.75) is 0 Å². The van der Waals surface area contributed by atoms with Crippen molar-refractivity contribution in [1.82, 2.24) is 9.38 Å². The van der Waals surface area contributed by atoms with Crippen LogP contribution >= 0.6 is 46.5 Å². The topological polar surface area (TPSA) is 66.4 Å². The number of rotatable bonds is 2. The summed E-state index contributed by atoms with van der Waals surface area (Å²) in [5, 5.41) is 5.20. The number of halogens is 1. The summed E-state index contributed by atoms with van der Waals surface area (Å²) in [6, 6.07) is 8.61. The molecule has 3 aromatic heterocycles. The normalized spacial score (nSPS) is 11.2. The predicted octanol–water partition coefficient (Wildman–Crippen LogP) is 4.54. The lowest BCUT2D eigenvalue weighted by Crippen LogP contribution is -2.14. The molecule has 3 heterocycles. The minimum absolute atomic E-state index is 0.228. The zero-order valence-electron chi connectivity index (χ0n) is 11.8. The van der Waals surface area contributed by atoms with E-state index in [4.69, 9.17) is 23.8 Å². The molecule has 4 rings (SSSR count). The van der Waals surface area contributed by atoms with Crippen LogP contribution in [-0.2, 0) is 0 Å². The number of aromatic nitrogens is 2. The summed E-state index contributed by atoms with van der Waals surface area (Å²) in [5.74, 6) is -0.332. The molecule has 0 saturated carbocycles. The third kappa shape index (κ3) is 2.48. The van der Waals surface area contributed by atoms with Crippen LogP contribution in [0.4, 0.5) is 5.69 Å². The van der Waals surface area contributed by atoms with Gasteiger partial charge in [-0.05, 0) is 47.9 Å². The molecule has 24 heavy (non-hydrogen) atoms. The number of benzene rings is 1. The molecule has 0 spiro atoms. The maximum absolute atomic E-state index is 12.6. The maximum Gasteiger partial charge on any atom is 0.269 e. The smallest absolute Gasteiger partial charge is 0.269 e. The van der Waals surface area contributed by atoms with E-state index in [1.54, 1.807) is 28.7 Å². The molecule has 9 heteroatoms. The molecule has 5 nitrogen and oxygen atoms in total. The van der Waals surface area contributed by atoms with Gasteiger partial charge in [0.15, 0.2) is 3.95 Å². The Bertz CT molecular complexity index is 1200. The highest BCUT2D eigenvalue weighted by molar-refractivity contribution is 7.73. The van der Waals surface area contributed by atoms with Crippen molar-refractivity contribution < 1.29 is 4.79 Å². The van der Waals surface area contributed by atoms with E-state index < -0.39 is 0 Å². The number of nitrogens with zero attached hydrogens (tertiary/aromatic N) is 1. The average Bonchev–Trinajstić information content (AvgIpc) is 3.15. The predicted molar refractivity (Wildman–Crippen MR) is 102 cm³/mol. The molecule has 4 aromatic rings. The monoisotopic (exact) mass is 393 g/mol. The number of nitrogens with one attached hydrogen (secondary N) is 2. The molecular formula is C15H8ClN3O2S3. The van der Waals surface area contributed by atoms with Gasteiger partial charge in [0.25, 0.3) is 11.5 Å². The van der Waals surface area contributed by atoms with Gasteiger partial charge in [0.1, 0.15) is 15.2 Å². The molecule has 0 atom stereocenters. The number of thiophene rings is 1. The number of amides is 1. The second-order valence-corrected chi connectivity index (χ2v) is 7.93. The van der Waals surface area contributed by atoms with Crippen LogP contribution in [-0.4, -0.2) is 15.3 Å². The zero-order valence-corrected chi connectivity index (χ0v) is 15.0. The first-order valence-electron chi connectivity index (χ1n) is 6.76. The molecule has 0 aliphatic carbocycles. The van der Waals surface area contributed by atoms with Gasteiger partial charge in [0.05, 0.1) is 5.52 Å². The van der Waals surface area contributed by atoms with Crippen LogP contribution in [0, 0.1) is 3.95 Å². The Kier molecular flexibility index (Phi) is 3.76. The summed E-state index contributed by atoms with van der Waals surface area (Å²) in [6.45, 7) is 0. The van der Waals surface area contributed by atoms with Gasteiger partial charge in [-0.3, -0.25) is 14.0 Å². The zero-order chi connectivity index (χ0) is 16.8. The summed E-state index contributed by atoms with van der Waals surface area (Å²) in [6.07, 6.45) is 0. The number of fused-ring (bicyclic) bond motifs is 3. The lowest BCUT2D eigenvalue weighted by Gasteiger charge is -2.04.